The number of halogens is 2. The Morgan fingerprint density at radius 2 is 1.73 bits per heavy atom. The molecular formula is C22H29BrFNO. The van der Waals surface area contributed by atoms with E-state index in [-0.39, 0.29) is 28.7 Å². The highest BCUT2D eigenvalue weighted by molar-refractivity contribution is 8.93. The molecule has 0 bridgehead atoms. The molecule has 3 rings (SSSR count). The maximum Gasteiger partial charge on any atom is 0.126 e. The number of benzene rings is 2. The normalized spacial score (nSPS) is 15.0. The van der Waals surface area contributed by atoms with Gasteiger partial charge in [-0.3, -0.25) is 0 Å². The largest absolute Gasteiger partial charge is 0.302 e. The molecule has 0 heterocycles. The Morgan fingerprint density at radius 3 is 2.31 bits per heavy atom. The molecule has 2 aromatic carbocycles. The molecule has 0 aliphatic heterocycles. The minimum atomic E-state index is -0.120. The molecule has 0 spiro atoms. The molecule has 2 nitrogen and oxygen atoms in total. The van der Waals surface area contributed by atoms with Gasteiger partial charge in [0.15, 0.2) is 0 Å². The monoisotopic (exact) mass is 421 g/mol. The minimum Gasteiger partial charge on any atom is -0.302 e. The summed E-state index contributed by atoms with van der Waals surface area (Å²) in [6.45, 7) is 6.05. The van der Waals surface area contributed by atoms with Crippen molar-refractivity contribution in [1.82, 2.24) is 5.06 Å². The van der Waals surface area contributed by atoms with Crippen molar-refractivity contribution in [2.45, 2.75) is 39.0 Å². The van der Waals surface area contributed by atoms with Crippen LogP contribution in [0.25, 0.3) is 0 Å². The van der Waals surface area contributed by atoms with Crippen LogP contribution in [0.1, 0.15) is 41.0 Å². The van der Waals surface area contributed by atoms with Crippen LogP contribution in [0.3, 0.4) is 0 Å². The number of nitrogens with zero attached hydrogens (tertiary/aromatic N) is 1. The Morgan fingerprint density at radius 1 is 1.08 bits per heavy atom. The van der Waals surface area contributed by atoms with Crippen LogP contribution in [-0.4, -0.2) is 25.3 Å². The van der Waals surface area contributed by atoms with Crippen molar-refractivity contribution in [2.24, 2.45) is 5.92 Å². The second kappa shape index (κ2) is 9.63. The van der Waals surface area contributed by atoms with Gasteiger partial charge in [0.2, 0.25) is 0 Å². The number of aryl methyl sites for hydroxylation is 2. The van der Waals surface area contributed by atoms with Crippen LogP contribution < -0.4 is 0 Å². The molecule has 0 saturated heterocycles. The molecule has 0 amide bonds. The number of rotatable bonds is 8. The van der Waals surface area contributed by atoms with E-state index in [0.717, 1.165) is 24.6 Å². The summed E-state index contributed by atoms with van der Waals surface area (Å²) in [5.74, 6) is 0.841. The highest BCUT2D eigenvalue weighted by Gasteiger charge is 2.27. The highest BCUT2D eigenvalue weighted by atomic mass is 79.9. The summed E-state index contributed by atoms with van der Waals surface area (Å²) in [4.78, 5) is 5.64. The first-order chi connectivity index (χ1) is 12.1. The summed E-state index contributed by atoms with van der Waals surface area (Å²) in [5.41, 5.74) is 4.63. The Bertz CT molecular complexity index is 697. The van der Waals surface area contributed by atoms with Gasteiger partial charge in [0.25, 0.3) is 0 Å². The van der Waals surface area contributed by atoms with Gasteiger partial charge in [-0.15, -0.1) is 17.0 Å². The summed E-state index contributed by atoms with van der Waals surface area (Å²) < 4.78 is 14.3. The van der Waals surface area contributed by atoms with Crippen molar-refractivity contribution in [1.29, 1.82) is 0 Å². The summed E-state index contributed by atoms with van der Waals surface area (Å²) in [6, 6.07) is 13.5. The number of hydrogen-bond acceptors (Lipinski definition) is 2. The lowest BCUT2D eigenvalue weighted by atomic mass is 9.86. The predicted octanol–water partition coefficient (Wildman–Crippen LogP) is 5.62. The van der Waals surface area contributed by atoms with Gasteiger partial charge in [-0.25, -0.2) is 4.39 Å². The predicted molar refractivity (Wildman–Crippen MR) is 110 cm³/mol. The fraction of sp³-hybridized carbons (Fsp3) is 0.455. The van der Waals surface area contributed by atoms with Crippen LogP contribution in [-0.2, 0) is 11.3 Å². The van der Waals surface area contributed by atoms with Crippen LogP contribution in [0.5, 0.6) is 0 Å². The van der Waals surface area contributed by atoms with Gasteiger partial charge in [0.1, 0.15) is 5.82 Å². The van der Waals surface area contributed by atoms with Gasteiger partial charge in [0, 0.05) is 19.0 Å². The molecule has 1 fully saturated rings. The maximum absolute atomic E-state index is 14.3. The molecule has 2 aromatic rings. The Labute approximate surface area is 167 Å². The van der Waals surface area contributed by atoms with E-state index in [1.807, 2.05) is 12.1 Å². The zero-order valence-corrected chi connectivity index (χ0v) is 17.6. The molecule has 26 heavy (non-hydrogen) atoms. The third-order valence-corrected chi connectivity index (χ3v) is 5.22. The van der Waals surface area contributed by atoms with E-state index in [1.165, 1.54) is 29.5 Å². The van der Waals surface area contributed by atoms with Gasteiger partial charge in [-0.2, -0.15) is 5.06 Å². The maximum atomic E-state index is 14.3. The van der Waals surface area contributed by atoms with Crippen LogP contribution in [0, 0.1) is 25.6 Å². The van der Waals surface area contributed by atoms with Crippen LogP contribution in [0.2, 0.25) is 0 Å². The van der Waals surface area contributed by atoms with E-state index in [9.17, 15) is 4.39 Å². The third-order valence-electron chi connectivity index (χ3n) is 5.22. The minimum absolute atomic E-state index is 0. The van der Waals surface area contributed by atoms with Crippen molar-refractivity contribution < 1.29 is 9.23 Å². The standard InChI is InChI=1S/C22H28FNO.BrH/c1-16-7-6-8-17(2)22(16)20(13-19-9-4-5-10-21(19)23)15-24(25-3)14-18-11-12-18;/h4-10,18,20H,11-15H2,1-3H3;1H. The van der Waals surface area contributed by atoms with Crippen molar-refractivity contribution in [3.63, 3.8) is 0 Å². The van der Waals surface area contributed by atoms with Gasteiger partial charge >= 0.3 is 0 Å². The fourth-order valence-corrected chi connectivity index (χ4v) is 3.72. The van der Waals surface area contributed by atoms with Crippen molar-refractivity contribution in [3.8, 4) is 0 Å². The first kappa shape index (κ1) is 21.1. The first-order valence-electron chi connectivity index (χ1n) is 9.17. The lowest BCUT2D eigenvalue weighted by Gasteiger charge is -2.28. The van der Waals surface area contributed by atoms with Gasteiger partial charge in [0.05, 0.1) is 7.11 Å². The summed E-state index contributed by atoms with van der Waals surface area (Å²) in [6.07, 6.45) is 3.27. The van der Waals surface area contributed by atoms with E-state index < -0.39 is 0 Å². The molecule has 0 aromatic heterocycles. The zero-order valence-electron chi connectivity index (χ0n) is 15.9. The molecule has 4 heteroatoms. The molecule has 1 aliphatic carbocycles. The molecule has 1 aliphatic rings. The third kappa shape index (κ3) is 5.38. The van der Waals surface area contributed by atoms with Gasteiger partial charge < -0.3 is 4.84 Å². The van der Waals surface area contributed by atoms with Gasteiger partial charge in [-0.05, 0) is 67.3 Å². The van der Waals surface area contributed by atoms with E-state index >= 15 is 0 Å². The lowest BCUT2D eigenvalue weighted by Crippen LogP contribution is -2.31. The Kier molecular flexibility index (Phi) is 7.81. The van der Waals surface area contributed by atoms with E-state index in [4.69, 9.17) is 4.84 Å². The topological polar surface area (TPSA) is 12.5 Å². The van der Waals surface area contributed by atoms with Crippen molar-refractivity contribution in [3.05, 3.63) is 70.5 Å². The van der Waals surface area contributed by atoms with Crippen molar-refractivity contribution >= 4 is 17.0 Å². The Hall–Kier alpha value is -1.23. The molecule has 0 radical (unpaired) electrons. The van der Waals surface area contributed by atoms with Crippen molar-refractivity contribution in [2.75, 3.05) is 20.2 Å². The van der Waals surface area contributed by atoms with Crippen LogP contribution in [0.4, 0.5) is 4.39 Å². The summed E-state index contributed by atoms with van der Waals surface area (Å²) >= 11 is 0. The zero-order chi connectivity index (χ0) is 17.8. The highest BCUT2D eigenvalue weighted by Crippen LogP contribution is 2.33. The lowest BCUT2D eigenvalue weighted by molar-refractivity contribution is -0.137. The number of hydroxylamine groups is 2. The average molecular weight is 422 g/mol. The van der Waals surface area contributed by atoms with Crippen LogP contribution in [0.15, 0.2) is 42.5 Å². The number of hydrogen-bond donors (Lipinski definition) is 0. The fourth-order valence-electron chi connectivity index (χ4n) is 3.72. The quantitative estimate of drug-likeness (QED) is 0.512. The average Bonchev–Trinajstić information content (AvgIpc) is 3.40. The smallest absolute Gasteiger partial charge is 0.126 e. The molecule has 142 valence electrons. The molecular weight excluding hydrogens is 393 g/mol. The van der Waals surface area contributed by atoms with E-state index in [1.54, 1.807) is 19.2 Å². The summed E-state index contributed by atoms with van der Waals surface area (Å²) in [5, 5.41) is 2.06. The summed E-state index contributed by atoms with van der Waals surface area (Å²) in [7, 11) is 1.74. The Balaban J connectivity index is 0.00000243. The van der Waals surface area contributed by atoms with E-state index in [0.29, 0.717) is 6.42 Å². The molecule has 1 atom stereocenters. The van der Waals surface area contributed by atoms with Gasteiger partial charge in [-0.1, -0.05) is 36.4 Å². The molecule has 1 unspecified atom stereocenters. The second-order valence-electron chi connectivity index (χ2n) is 7.27. The SMILES string of the molecule is Br.CON(CC1CC1)CC(Cc1ccccc1F)c1c(C)cccc1C. The molecule has 0 N–H and O–H groups in total. The first-order valence-corrected chi connectivity index (χ1v) is 9.17. The second-order valence-corrected chi connectivity index (χ2v) is 7.27. The van der Waals surface area contributed by atoms with Crippen LogP contribution >= 0.6 is 17.0 Å². The van der Waals surface area contributed by atoms with E-state index in [2.05, 4.69) is 37.1 Å². The molecule has 1 saturated carbocycles.